The van der Waals surface area contributed by atoms with Gasteiger partial charge in [-0.3, -0.25) is 4.98 Å². The molecular formula is C17H13N3O2. The molecule has 0 atom stereocenters. The van der Waals surface area contributed by atoms with Crippen molar-refractivity contribution in [3.05, 3.63) is 60.3 Å². The number of rotatable bonds is 4. The number of hydrogen-bond donors (Lipinski definition) is 1. The van der Waals surface area contributed by atoms with Gasteiger partial charge in [0.1, 0.15) is 17.6 Å². The van der Waals surface area contributed by atoms with Gasteiger partial charge in [0, 0.05) is 18.0 Å². The highest BCUT2D eigenvalue weighted by Crippen LogP contribution is 2.31. The number of aromatic nitrogens is 1. The molecule has 0 saturated carbocycles. The highest BCUT2D eigenvalue weighted by Gasteiger charge is 2.05. The number of nitrogens with zero attached hydrogens (tertiary/aromatic N) is 3. The second-order valence-corrected chi connectivity index (χ2v) is 4.74. The van der Waals surface area contributed by atoms with Crippen LogP contribution in [0.2, 0.25) is 0 Å². The number of carbonyl (C=O) groups is 1. The molecule has 3 rings (SSSR count). The van der Waals surface area contributed by atoms with Gasteiger partial charge in [-0.25, -0.2) is 0 Å². The van der Waals surface area contributed by atoms with Crippen molar-refractivity contribution in [3.8, 4) is 5.75 Å². The van der Waals surface area contributed by atoms with Crippen LogP contribution in [-0.2, 0) is 11.2 Å². The van der Waals surface area contributed by atoms with Crippen LogP contribution < -0.4 is 0 Å². The summed E-state index contributed by atoms with van der Waals surface area (Å²) in [6.45, 7) is 0. The molecule has 0 spiro atoms. The van der Waals surface area contributed by atoms with E-state index in [-0.39, 0.29) is 5.75 Å². The van der Waals surface area contributed by atoms with E-state index in [1.807, 2.05) is 30.3 Å². The van der Waals surface area contributed by atoms with Gasteiger partial charge in [-0.15, -0.1) is 5.11 Å². The molecule has 0 radical (unpaired) electrons. The lowest BCUT2D eigenvalue weighted by Gasteiger charge is -2.02. The first kappa shape index (κ1) is 13.9. The normalized spacial score (nSPS) is 11.1. The molecule has 5 heteroatoms. The van der Waals surface area contributed by atoms with E-state index in [4.69, 9.17) is 0 Å². The number of aldehydes is 1. The Hall–Kier alpha value is -3.08. The maximum atomic E-state index is 10.5. The second kappa shape index (κ2) is 6.13. The lowest BCUT2D eigenvalue weighted by Crippen LogP contribution is -1.83. The number of pyridine rings is 1. The van der Waals surface area contributed by atoms with Gasteiger partial charge in [0.15, 0.2) is 0 Å². The average molecular weight is 291 g/mol. The van der Waals surface area contributed by atoms with E-state index in [0.717, 1.165) is 17.2 Å². The van der Waals surface area contributed by atoms with E-state index >= 15 is 0 Å². The topological polar surface area (TPSA) is 74.9 Å². The third kappa shape index (κ3) is 2.83. The minimum Gasteiger partial charge on any atom is -0.506 e. The third-order valence-corrected chi connectivity index (χ3v) is 3.25. The Kier molecular flexibility index (Phi) is 3.87. The lowest BCUT2D eigenvalue weighted by molar-refractivity contribution is -0.107. The lowest BCUT2D eigenvalue weighted by atomic mass is 10.1. The van der Waals surface area contributed by atoms with Crippen LogP contribution in [0.25, 0.3) is 10.9 Å². The van der Waals surface area contributed by atoms with Gasteiger partial charge in [0.25, 0.3) is 0 Å². The van der Waals surface area contributed by atoms with Gasteiger partial charge >= 0.3 is 0 Å². The van der Waals surface area contributed by atoms with Gasteiger partial charge in [0.05, 0.1) is 11.4 Å². The molecule has 1 N–H and O–H groups in total. The zero-order valence-corrected chi connectivity index (χ0v) is 11.7. The molecule has 3 aromatic rings. The molecule has 0 bridgehead atoms. The fourth-order valence-electron chi connectivity index (χ4n) is 2.14. The van der Waals surface area contributed by atoms with Crippen LogP contribution >= 0.6 is 0 Å². The van der Waals surface area contributed by atoms with Crippen LogP contribution in [0, 0.1) is 0 Å². The number of hydrogen-bond acceptors (Lipinski definition) is 5. The second-order valence-electron chi connectivity index (χ2n) is 4.74. The van der Waals surface area contributed by atoms with Crippen molar-refractivity contribution in [1.82, 2.24) is 4.98 Å². The molecule has 0 amide bonds. The van der Waals surface area contributed by atoms with Crippen molar-refractivity contribution < 1.29 is 9.90 Å². The Morgan fingerprint density at radius 1 is 1.05 bits per heavy atom. The van der Waals surface area contributed by atoms with E-state index in [0.29, 0.717) is 23.3 Å². The summed E-state index contributed by atoms with van der Waals surface area (Å²) in [4.78, 5) is 14.6. The number of phenols is 1. The number of phenolic OH excluding ortho intramolecular Hbond substituents is 1. The first-order valence-electron chi connectivity index (χ1n) is 6.79. The van der Waals surface area contributed by atoms with Gasteiger partial charge in [0.2, 0.25) is 0 Å². The van der Waals surface area contributed by atoms with Crippen molar-refractivity contribution >= 4 is 28.6 Å². The fourth-order valence-corrected chi connectivity index (χ4v) is 2.14. The summed E-state index contributed by atoms with van der Waals surface area (Å²) in [5, 5.41) is 18.9. The smallest absolute Gasteiger partial charge is 0.141 e. The van der Waals surface area contributed by atoms with Crippen LogP contribution in [0.4, 0.5) is 11.4 Å². The molecule has 0 aliphatic rings. The summed E-state index contributed by atoms with van der Waals surface area (Å²) in [6, 6.07) is 14.2. The Morgan fingerprint density at radius 3 is 2.64 bits per heavy atom. The summed E-state index contributed by atoms with van der Waals surface area (Å²) in [5.41, 5.74) is 2.77. The van der Waals surface area contributed by atoms with Crippen LogP contribution in [0.3, 0.4) is 0 Å². The van der Waals surface area contributed by atoms with Gasteiger partial charge in [-0.05, 0) is 42.0 Å². The Labute approximate surface area is 127 Å². The predicted octanol–water partition coefficient (Wildman–Crippen LogP) is 4.10. The number of azo groups is 1. The number of benzene rings is 2. The zero-order valence-electron chi connectivity index (χ0n) is 11.7. The standard InChI is InChI=1S/C17H13N3O2/c21-11-9-12-3-5-13(6-4-12)19-20-15-7-8-16(22)17-14(15)2-1-10-18-17/h1-8,10-11,22H,9H2. The summed E-state index contributed by atoms with van der Waals surface area (Å²) < 4.78 is 0. The summed E-state index contributed by atoms with van der Waals surface area (Å²) >= 11 is 0. The summed E-state index contributed by atoms with van der Waals surface area (Å²) in [5.74, 6) is 0.118. The van der Waals surface area contributed by atoms with Gasteiger partial charge in [-0.1, -0.05) is 12.1 Å². The van der Waals surface area contributed by atoms with Gasteiger partial charge < -0.3 is 9.90 Å². The van der Waals surface area contributed by atoms with Crippen molar-refractivity contribution in [2.24, 2.45) is 10.2 Å². The molecule has 0 unspecified atom stereocenters. The Bertz CT molecular complexity index is 842. The largest absolute Gasteiger partial charge is 0.506 e. The molecule has 0 fully saturated rings. The minimum atomic E-state index is 0.118. The molecule has 0 aliphatic carbocycles. The monoisotopic (exact) mass is 291 g/mol. The number of fused-ring (bicyclic) bond motifs is 1. The van der Waals surface area contributed by atoms with Crippen molar-refractivity contribution in [1.29, 1.82) is 0 Å². The number of carbonyl (C=O) groups excluding carboxylic acids is 1. The van der Waals surface area contributed by atoms with Crippen LogP contribution in [0.15, 0.2) is 65.0 Å². The van der Waals surface area contributed by atoms with Crippen molar-refractivity contribution in [2.45, 2.75) is 6.42 Å². The third-order valence-electron chi connectivity index (χ3n) is 3.25. The van der Waals surface area contributed by atoms with E-state index in [2.05, 4.69) is 15.2 Å². The molecule has 2 aromatic carbocycles. The maximum absolute atomic E-state index is 10.5. The van der Waals surface area contributed by atoms with Crippen molar-refractivity contribution in [3.63, 3.8) is 0 Å². The first-order valence-corrected chi connectivity index (χ1v) is 6.79. The molecule has 1 heterocycles. The summed E-state index contributed by atoms with van der Waals surface area (Å²) in [7, 11) is 0. The Balaban J connectivity index is 1.92. The van der Waals surface area contributed by atoms with Crippen LogP contribution in [0.5, 0.6) is 5.75 Å². The van der Waals surface area contributed by atoms with E-state index in [1.54, 1.807) is 24.4 Å². The highest BCUT2D eigenvalue weighted by atomic mass is 16.3. The molecule has 5 nitrogen and oxygen atoms in total. The zero-order chi connectivity index (χ0) is 15.4. The van der Waals surface area contributed by atoms with Crippen molar-refractivity contribution in [2.75, 3.05) is 0 Å². The predicted molar refractivity (Wildman–Crippen MR) is 83.8 cm³/mol. The minimum absolute atomic E-state index is 0.118. The first-order chi connectivity index (χ1) is 10.8. The molecule has 0 saturated heterocycles. The SMILES string of the molecule is O=CCc1ccc(N=Nc2ccc(O)c3ncccc23)cc1. The maximum Gasteiger partial charge on any atom is 0.141 e. The molecule has 1 aromatic heterocycles. The highest BCUT2D eigenvalue weighted by molar-refractivity contribution is 5.93. The van der Waals surface area contributed by atoms with E-state index in [9.17, 15) is 9.90 Å². The van der Waals surface area contributed by atoms with Crippen LogP contribution in [0.1, 0.15) is 5.56 Å². The van der Waals surface area contributed by atoms with Gasteiger partial charge in [-0.2, -0.15) is 5.11 Å². The Morgan fingerprint density at radius 2 is 1.86 bits per heavy atom. The van der Waals surface area contributed by atoms with Crippen LogP contribution in [-0.4, -0.2) is 16.4 Å². The molecular weight excluding hydrogens is 278 g/mol. The molecule has 108 valence electrons. The molecule has 22 heavy (non-hydrogen) atoms. The van der Waals surface area contributed by atoms with E-state index < -0.39 is 0 Å². The van der Waals surface area contributed by atoms with E-state index in [1.165, 1.54) is 0 Å². The number of aromatic hydroxyl groups is 1. The fraction of sp³-hybridized carbons (Fsp3) is 0.0588. The average Bonchev–Trinajstić information content (AvgIpc) is 2.56. The quantitative estimate of drug-likeness (QED) is 0.581. The summed E-state index contributed by atoms with van der Waals surface area (Å²) in [6.07, 6.45) is 2.88. The molecule has 0 aliphatic heterocycles.